The molecule has 3 amide bonds. The molecule has 4 aromatic rings. The highest BCUT2D eigenvalue weighted by Crippen LogP contribution is 2.39. The molecule has 11 heteroatoms. The summed E-state index contributed by atoms with van der Waals surface area (Å²) in [6.45, 7) is 0. The molecule has 0 atom stereocenters. The highest BCUT2D eigenvalue weighted by molar-refractivity contribution is 9.10. The van der Waals surface area contributed by atoms with E-state index in [-0.39, 0.29) is 16.5 Å². The second-order valence-corrected chi connectivity index (χ2v) is 11.1. The minimum atomic E-state index is -0.489. The molecule has 5 rings (SSSR count). The quantitative estimate of drug-likeness (QED) is 0.181. The lowest BCUT2D eigenvalue weighted by atomic mass is 10.1. The monoisotopic (exact) mass is 659 g/mol. The summed E-state index contributed by atoms with van der Waals surface area (Å²) < 4.78 is 16.7. The summed E-state index contributed by atoms with van der Waals surface area (Å²) in [5, 5.41) is 6.01. The molecule has 2 N–H and O–H groups in total. The van der Waals surface area contributed by atoms with Gasteiger partial charge in [0, 0.05) is 26.8 Å². The van der Waals surface area contributed by atoms with Gasteiger partial charge >= 0.3 is 0 Å². The molecule has 9 nitrogen and oxygen atoms in total. The first-order valence-electron chi connectivity index (χ1n) is 12.9. The lowest BCUT2D eigenvalue weighted by Crippen LogP contribution is -2.32. The average molecular weight is 661 g/mol. The number of imide groups is 1. The van der Waals surface area contributed by atoms with Crippen molar-refractivity contribution < 1.29 is 28.6 Å². The van der Waals surface area contributed by atoms with Crippen molar-refractivity contribution in [1.82, 2.24) is 0 Å². The zero-order chi connectivity index (χ0) is 30.5. The lowest BCUT2D eigenvalue weighted by molar-refractivity contribution is -0.120. The van der Waals surface area contributed by atoms with Crippen molar-refractivity contribution in [3.63, 3.8) is 0 Å². The third kappa shape index (κ3) is 6.52. The van der Waals surface area contributed by atoms with Gasteiger partial charge in [-0.2, -0.15) is 0 Å². The standard InChI is InChI=1S/C32H26BrN3O6S/c1-40-23-13-11-22(12-14-23)36-31(38)28(34-20-9-7-19(33)8-10-20)29(32(36)39)43-25-6-4-5-21(17-25)35-30(37)26-16-15-24(41-2)18-27(26)42-3/h4-18,34H,1-3H3,(H,35,37). The van der Waals surface area contributed by atoms with Crippen LogP contribution in [0.1, 0.15) is 10.4 Å². The van der Waals surface area contributed by atoms with E-state index in [9.17, 15) is 14.4 Å². The van der Waals surface area contributed by atoms with Crippen molar-refractivity contribution in [3.05, 3.63) is 112 Å². The van der Waals surface area contributed by atoms with Crippen molar-refractivity contribution in [1.29, 1.82) is 0 Å². The highest BCUT2D eigenvalue weighted by atomic mass is 79.9. The van der Waals surface area contributed by atoms with Crippen LogP contribution in [0.5, 0.6) is 17.2 Å². The number of thioether (sulfide) groups is 1. The maximum Gasteiger partial charge on any atom is 0.283 e. The Morgan fingerprint density at radius 1 is 0.767 bits per heavy atom. The van der Waals surface area contributed by atoms with Crippen LogP contribution >= 0.6 is 27.7 Å². The fraction of sp³-hybridized carbons (Fsp3) is 0.0938. The van der Waals surface area contributed by atoms with Crippen molar-refractivity contribution in [3.8, 4) is 17.2 Å². The van der Waals surface area contributed by atoms with Crippen molar-refractivity contribution in [2.45, 2.75) is 4.90 Å². The second-order valence-electron chi connectivity index (χ2n) is 9.13. The first kappa shape index (κ1) is 29.7. The number of anilines is 3. The number of hydrogen-bond donors (Lipinski definition) is 2. The maximum absolute atomic E-state index is 13.8. The number of halogens is 1. The molecule has 43 heavy (non-hydrogen) atoms. The molecular weight excluding hydrogens is 634 g/mol. The SMILES string of the molecule is COc1ccc(N2C(=O)C(Nc3ccc(Br)cc3)=C(Sc3cccc(NC(=O)c4ccc(OC)cc4OC)c3)C2=O)cc1. The van der Waals surface area contributed by atoms with Crippen LogP contribution in [0.3, 0.4) is 0 Å². The fourth-order valence-electron chi connectivity index (χ4n) is 4.30. The van der Waals surface area contributed by atoms with Gasteiger partial charge in [0.15, 0.2) is 0 Å². The Hall–Kier alpha value is -4.74. The van der Waals surface area contributed by atoms with E-state index >= 15 is 0 Å². The summed E-state index contributed by atoms with van der Waals surface area (Å²) in [4.78, 5) is 42.5. The predicted molar refractivity (Wildman–Crippen MR) is 170 cm³/mol. The maximum atomic E-state index is 13.8. The van der Waals surface area contributed by atoms with Crippen molar-refractivity contribution in [2.75, 3.05) is 36.9 Å². The van der Waals surface area contributed by atoms with Crippen LogP contribution in [0.25, 0.3) is 0 Å². The van der Waals surface area contributed by atoms with Gasteiger partial charge in [0.1, 0.15) is 27.9 Å². The average Bonchev–Trinajstić information content (AvgIpc) is 3.25. The van der Waals surface area contributed by atoms with Gasteiger partial charge in [-0.3, -0.25) is 14.4 Å². The molecule has 218 valence electrons. The van der Waals surface area contributed by atoms with E-state index in [2.05, 4.69) is 26.6 Å². The summed E-state index contributed by atoms with van der Waals surface area (Å²) in [5.41, 5.74) is 2.03. The Morgan fingerprint density at radius 2 is 1.47 bits per heavy atom. The number of benzene rings is 4. The van der Waals surface area contributed by atoms with Crippen LogP contribution in [-0.4, -0.2) is 39.1 Å². The highest BCUT2D eigenvalue weighted by Gasteiger charge is 2.40. The second kappa shape index (κ2) is 13.1. The molecule has 0 saturated carbocycles. The number of ether oxygens (including phenoxy) is 3. The minimum absolute atomic E-state index is 0.144. The Kier molecular flexibility index (Phi) is 9.03. The molecule has 0 fully saturated rings. The number of hydrogen-bond acceptors (Lipinski definition) is 8. The molecule has 0 aliphatic carbocycles. The van der Waals surface area contributed by atoms with Crippen LogP contribution in [0, 0.1) is 0 Å². The Balaban J connectivity index is 1.44. The largest absolute Gasteiger partial charge is 0.497 e. The minimum Gasteiger partial charge on any atom is -0.497 e. The van der Waals surface area contributed by atoms with E-state index in [1.54, 1.807) is 86.0 Å². The van der Waals surface area contributed by atoms with Gasteiger partial charge in [0.05, 0.1) is 32.6 Å². The molecule has 0 unspecified atom stereocenters. The summed E-state index contributed by atoms with van der Waals surface area (Å²) in [7, 11) is 4.55. The van der Waals surface area contributed by atoms with Gasteiger partial charge in [-0.25, -0.2) is 4.90 Å². The molecule has 1 heterocycles. The van der Waals surface area contributed by atoms with Gasteiger partial charge in [0.25, 0.3) is 17.7 Å². The molecular formula is C32H26BrN3O6S. The molecule has 1 aliphatic heterocycles. The van der Waals surface area contributed by atoms with Gasteiger partial charge in [-0.15, -0.1) is 0 Å². The normalized spacial score (nSPS) is 12.8. The summed E-state index contributed by atoms with van der Waals surface area (Å²) in [6.07, 6.45) is 0. The number of nitrogens with zero attached hydrogens (tertiary/aromatic N) is 1. The van der Waals surface area contributed by atoms with Gasteiger partial charge in [-0.05, 0) is 78.9 Å². The number of methoxy groups -OCH3 is 3. The van der Waals surface area contributed by atoms with Crippen LogP contribution in [0.2, 0.25) is 0 Å². The number of amides is 3. The Labute approximate surface area is 261 Å². The molecule has 0 radical (unpaired) electrons. The third-order valence-corrected chi connectivity index (χ3v) is 8.05. The van der Waals surface area contributed by atoms with E-state index in [0.29, 0.717) is 44.8 Å². The topological polar surface area (TPSA) is 106 Å². The zero-order valence-electron chi connectivity index (χ0n) is 23.3. The van der Waals surface area contributed by atoms with Crippen LogP contribution in [-0.2, 0) is 9.59 Å². The molecule has 4 aromatic carbocycles. The molecule has 0 bridgehead atoms. The van der Waals surface area contributed by atoms with Crippen LogP contribution in [0.4, 0.5) is 17.1 Å². The van der Waals surface area contributed by atoms with Gasteiger partial charge < -0.3 is 24.8 Å². The summed E-state index contributed by atoms with van der Waals surface area (Å²) in [6, 6.07) is 25.9. The number of rotatable bonds is 10. The molecule has 0 saturated heterocycles. The summed E-state index contributed by atoms with van der Waals surface area (Å²) >= 11 is 4.54. The molecule has 1 aliphatic rings. The van der Waals surface area contributed by atoms with Crippen molar-refractivity contribution in [2.24, 2.45) is 0 Å². The van der Waals surface area contributed by atoms with E-state index in [0.717, 1.165) is 21.1 Å². The summed E-state index contributed by atoms with van der Waals surface area (Å²) in [5.74, 6) is 0.187. The first-order chi connectivity index (χ1) is 20.8. The van der Waals surface area contributed by atoms with Gasteiger partial charge in [-0.1, -0.05) is 33.8 Å². The third-order valence-electron chi connectivity index (χ3n) is 6.45. The number of carbonyl (C=O) groups excluding carboxylic acids is 3. The van der Waals surface area contributed by atoms with E-state index in [1.165, 1.54) is 14.2 Å². The van der Waals surface area contributed by atoms with E-state index < -0.39 is 11.8 Å². The first-order valence-corrected chi connectivity index (χ1v) is 14.5. The van der Waals surface area contributed by atoms with Gasteiger partial charge in [0.2, 0.25) is 0 Å². The predicted octanol–water partition coefficient (Wildman–Crippen LogP) is 6.72. The Bertz CT molecular complexity index is 1720. The number of carbonyl (C=O) groups is 3. The molecule has 0 aromatic heterocycles. The lowest BCUT2D eigenvalue weighted by Gasteiger charge is -2.15. The smallest absolute Gasteiger partial charge is 0.283 e. The molecule has 0 spiro atoms. The van der Waals surface area contributed by atoms with Crippen LogP contribution in [0.15, 0.2) is 111 Å². The van der Waals surface area contributed by atoms with E-state index in [1.807, 2.05) is 12.1 Å². The fourth-order valence-corrected chi connectivity index (χ4v) is 5.55. The van der Waals surface area contributed by atoms with Crippen molar-refractivity contribution >= 4 is 62.5 Å². The van der Waals surface area contributed by atoms with E-state index in [4.69, 9.17) is 14.2 Å². The zero-order valence-corrected chi connectivity index (χ0v) is 25.7. The Morgan fingerprint density at radius 3 is 2.14 bits per heavy atom. The number of nitrogens with one attached hydrogen (secondary N) is 2. The van der Waals surface area contributed by atoms with Crippen LogP contribution < -0.4 is 29.7 Å².